The minimum absolute atomic E-state index is 0.0582. The molecule has 0 saturated carbocycles. The summed E-state index contributed by atoms with van der Waals surface area (Å²) in [6.07, 6.45) is 89.4. The Bertz CT molecular complexity index is 1180. The normalized spacial score (nSPS) is 12.2. The van der Waals surface area contributed by atoms with Gasteiger partial charge < -0.3 is 14.6 Å². The maximum absolute atomic E-state index is 12.4. The lowest BCUT2D eigenvalue weighted by atomic mass is 10.0. The predicted molar refractivity (Wildman–Crippen MR) is 339 cm³/mol. The summed E-state index contributed by atoms with van der Waals surface area (Å²) in [6.45, 7) is 4.20. The van der Waals surface area contributed by atoms with Crippen LogP contribution in [0.2, 0.25) is 0 Å². The second-order valence-corrected chi connectivity index (χ2v) is 24.3. The fraction of sp³-hybridized carbons (Fsp3) is 0.917. The number of aliphatic hydroxyl groups is 1. The quantitative estimate of drug-likeness (QED) is 0.0373. The van der Waals surface area contributed by atoms with Crippen LogP contribution in [0, 0.1) is 0 Å². The number of rotatable bonds is 67. The van der Waals surface area contributed by atoms with Crippen LogP contribution in [0.1, 0.15) is 406 Å². The van der Waals surface area contributed by atoms with E-state index in [1.807, 2.05) is 0 Å². The average molecular weight is 1080 g/mol. The third kappa shape index (κ3) is 66.8. The summed E-state index contributed by atoms with van der Waals surface area (Å²) in [7, 11) is 0. The highest BCUT2D eigenvalue weighted by Crippen LogP contribution is 2.19. The molecule has 1 unspecified atom stereocenters. The van der Waals surface area contributed by atoms with Crippen molar-refractivity contribution >= 4 is 11.9 Å². The fourth-order valence-corrected chi connectivity index (χ4v) is 11.2. The molecule has 456 valence electrons. The number of ether oxygens (including phenoxy) is 2. The molecule has 0 aromatic rings. The molecule has 5 heteroatoms. The first kappa shape index (κ1) is 75.4. The van der Waals surface area contributed by atoms with Gasteiger partial charge in [0.2, 0.25) is 0 Å². The summed E-state index contributed by atoms with van der Waals surface area (Å²) in [5.41, 5.74) is 0. The monoisotopic (exact) mass is 1080 g/mol. The zero-order valence-electron chi connectivity index (χ0n) is 52.5. The molecule has 0 fully saturated rings. The molecule has 1 N–H and O–H groups in total. The van der Waals surface area contributed by atoms with Gasteiger partial charge in [0.15, 0.2) is 6.10 Å². The summed E-state index contributed by atoms with van der Waals surface area (Å²) in [4.78, 5) is 24.6. The third-order valence-electron chi connectivity index (χ3n) is 16.5. The van der Waals surface area contributed by atoms with Crippen LogP contribution in [-0.4, -0.2) is 36.4 Å². The van der Waals surface area contributed by atoms with E-state index in [-0.39, 0.29) is 25.2 Å². The lowest BCUT2D eigenvalue weighted by Crippen LogP contribution is -2.28. The number of allylic oxidation sites excluding steroid dienone is 4. The van der Waals surface area contributed by atoms with Crippen molar-refractivity contribution in [2.75, 3.05) is 13.2 Å². The van der Waals surface area contributed by atoms with Gasteiger partial charge in [-0.2, -0.15) is 0 Å². The van der Waals surface area contributed by atoms with Crippen LogP contribution in [0.15, 0.2) is 24.3 Å². The molecule has 0 rings (SSSR count). The summed E-state index contributed by atoms with van der Waals surface area (Å²) in [6, 6.07) is 0. The van der Waals surface area contributed by atoms with E-state index >= 15 is 0 Å². The summed E-state index contributed by atoms with van der Waals surface area (Å²) in [5.74, 6) is -0.564. The number of esters is 2. The van der Waals surface area contributed by atoms with Crippen molar-refractivity contribution < 1.29 is 24.2 Å². The smallest absolute Gasteiger partial charge is 0.306 e. The van der Waals surface area contributed by atoms with Gasteiger partial charge >= 0.3 is 11.9 Å². The molecular formula is C72H138O5. The largest absolute Gasteiger partial charge is 0.462 e. The zero-order chi connectivity index (χ0) is 55.5. The third-order valence-corrected chi connectivity index (χ3v) is 16.5. The van der Waals surface area contributed by atoms with Crippen LogP contribution >= 0.6 is 0 Å². The molecule has 0 radical (unpaired) electrons. The second-order valence-electron chi connectivity index (χ2n) is 24.3. The SMILES string of the molecule is CCCCCCC/C=C\C/C=C\CCCCCCCCCCCCCCCCCCCC(=O)OC(CO)COC(=O)CCCCCCCCCCCCCCCCCCCCCCCCCCCCCCCCCCCC. The van der Waals surface area contributed by atoms with Gasteiger partial charge in [0, 0.05) is 12.8 Å². The van der Waals surface area contributed by atoms with Crippen LogP contribution in [0.4, 0.5) is 0 Å². The van der Waals surface area contributed by atoms with E-state index in [2.05, 4.69) is 38.2 Å². The molecule has 0 spiro atoms. The fourth-order valence-electron chi connectivity index (χ4n) is 11.2. The van der Waals surface area contributed by atoms with Gasteiger partial charge in [-0.25, -0.2) is 0 Å². The highest BCUT2D eigenvalue weighted by atomic mass is 16.6. The zero-order valence-corrected chi connectivity index (χ0v) is 52.5. The standard InChI is InChI=1S/C72H138O5/c1-3-5-7-9-11-13-15-17-19-21-23-25-27-29-31-33-34-35-36-37-39-40-42-44-46-48-50-52-54-56-58-60-62-64-66-71(74)76-69-70(68-73)77-72(75)67-65-63-61-59-57-55-53-51-49-47-45-43-41-38-32-30-28-26-24-22-20-18-16-14-12-10-8-6-4-2/h16,18,22,24,70,73H,3-15,17,19-21,23,25-69H2,1-2H3/b18-16-,24-22-. The lowest BCUT2D eigenvalue weighted by Gasteiger charge is -2.15. The van der Waals surface area contributed by atoms with Crippen molar-refractivity contribution in [2.45, 2.75) is 412 Å². The maximum atomic E-state index is 12.4. The van der Waals surface area contributed by atoms with E-state index in [1.165, 1.54) is 340 Å². The summed E-state index contributed by atoms with van der Waals surface area (Å²) >= 11 is 0. The second kappa shape index (κ2) is 68.7. The molecule has 0 aliphatic carbocycles. The van der Waals surface area contributed by atoms with Gasteiger partial charge in [-0.15, -0.1) is 0 Å². The molecule has 0 amide bonds. The Morgan fingerprint density at radius 3 is 0.766 bits per heavy atom. The van der Waals surface area contributed by atoms with E-state index in [1.54, 1.807) is 0 Å². The first-order valence-electron chi connectivity index (χ1n) is 35.4. The van der Waals surface area contributed by atoms with Crippen molar-refractivity contribution in [1.82, 2.24) is 0 Å². The molecular weight excluding hydrogens is 945 g/mol. The maximum Gasteiger partial charge on any atom is 0.306 e. The van der Waals surface area contributed by atoms with Crippen LogP contribution in [-0.2, 0) is 19.1 Å². The Hall–Kier alpha value is -1.62. The molecule has 0 heterocycles. The van der Waals surface area contributed by atoms with E-state index in [9.17, 15) is 14.7 Å². The molecule has 0 bridgehead atoms. The minimum Gasteiger partial charge on any atom is -0.462 e. The van der Waals surface area contributed by atoms with Crippen molar-refractivity contribution in [2.24, 2.45) is 0 Å². The Morgan fingerprint density at radius 1 is 0.299 bits per heavy atom. The Morgan fingerprint density at radius 2 is 0.519 bits per heavy atom. The van der Waals surface area contributed by atoms with Gasteiger partial charge in [0.25, 0.3) is 0 Å². The number of carbonyl (C=O) groups is 2. The van der Waals surface area contributed by atoms with Gasteiger partial charge in [-0.1, -0.05) is 372 Å². The van der Waals surface area contributed by atoms with E-state index < -0.39 is 6.10 Å². The van der Waals surface area contributed by atoms with Crippen molar-refractivity contribution in [3.05, 3.63) is 24.3 Å². The van der Waals surface area contributed by atoms with Gasteiger partial charge in [-0.3, -0.25) is 9.59 Å². The predicted octanol–water partition coefficient (Wildman–Crippen LogP) is 24.4. The van der Waals surface area contributed by atoms with E-state index in [4.69, 9.17) is 9.47 Å². The van der Waals surface area contributed by atoms with E-state index in [0.29, 0.717) is 12.8 Å². The molecule has 0 aromatic carbocycles. The highest BCUT2D eigenvalue weighted by Gasteiger charge is 2.16. The molecule has 0 aliphatic heterocycles. The summed E-state index contributed by atoms with van der Waals surface area (Å²) in [5, 5.41) is 9.70. The lowest BCUT2D eigenvalue weighted by molar-refractivity contribution is -0.161. The topological polar surface area (TPSA) is 72.8 Å². The van der Waals surface area contributed by atoms with Gasteiger partial charge in [0.05, 0.1) is 6.61 Å². The van der Waals surface area contributed by atoms with E-state index in [0.717, 1.165) is 38.5 Å². The first-order chi connectivity index (χ1) is 38.1. The highest BCUT2D eigenvalue weighted by molar-refractivity contribution is 5.70. The molecule has 1 atom stereocenters. The Balaban J connectivity index is 3.37. The number of unbranched alkanes of at least 4 members (excludes halogenated alkanes) is 55. The molecule has 77 heavy (non-hydrogen) atoms. The van der Waals surface area contributed by atoms with Crippen LogP contribution in [0.5, 0.6) is 0 Å². The number of aliphatic hydroxyl groups excluding tert-OH is 1. The van der Waals surface area contributed by atoms with Crippen LogP contribution in [0.25, 0.3) is 0 Å². The number of hydrogen-bond donors (Lipinski definition) is 1. The Kier molecular flexibility index (Phi) is 67.2. The van der Waals surface area contributed by atoms with Crippen molar-refractivity contribution in [1.29, 1.82) is 0 Å². The van der Waals surface area contributed by atoms with Crippen molar-refractivity contribution in [3.8, 4) is 0 Å². The van der Waals surface area contributed by atoms with Gasteiger partial charge in [0.1, 0.15) is 6.61 Å². The van der Waals surface area contributed by atoms with Crippen LogP contribution < -0.4 is 0 Å². The average Bonchev–Trinajstić information content (AvgIpc) is 3.43. The minimum atomic E-state index is -0.769. The number of hydrogen-bond acceptors (Lipinski definition) is 5. The Labute approximate surface area is 483 Å². The first-order valence-corrected chi connectivity index (χ1v) is 35.4. The van der Waals surface area contributed by atoms with Crippen molar-refractivity contribution in [3.63, 3.8) is 0 Å². The molecule has 0 aromatic heterocycles. The molecule has 0 aliphatic rings. The molecule has 5 nitrogen and oxygen atoms in total. The van der Waals surface area contributed by atoms with Crippen LogP contribution in [0.3, 0.4) is 0 Å². The van der Waals surface area contributed by atoms with Gasteiger partial charge in [-0.05, 0) is 44.9 Å². The number of carbonyl (C=O) groups excluding carboxylic acids is 2. The summed E-state index contributed by atoms with van der Waals surface area (Å²) < 4.78 is 10.8. The molecule has 0 saturated heterocycles.